The Bertz CT molecular complexity index is 839. The van der Waals surface area contributed by atoms with E-state index in [1.54, 1.807) is 11.3 Å². The maximum Gasteiger partial charge on any atom is 0.125 e. The van der Waals surface area contributed by atoms with E-state index in [0.717, 1.165) is 47.3 Å². The number of aryl methyl sites for hydroxylation is 1. The molecule has 0 saturated heterocycles. The van der Waals surface area contributed by atoms with Crippen LogP contribution in [0.2, 0.25) is 5.02 Å². The topological polar surface area (TPSA) is 34.0 Å². The molecule has 1 aliphatic rings. The number of imidazole rings is 1. The summed E-state index contributed by atoms with van der Waals surface area (Å²) in [7, 11) is 2.07. The van der Waals surface area contributed by atoms with Gasteiger partial charge >= 0.3 is 0 Å². The van der Waals surface area contributed by atoms with Gasteiger partial charge in [-0.05, 0) is 6.07 Å². The number of thiazole rings is 1. The smallest absolute Gasteiger partial charge is 0.125 e. The molecule has 23 heavy (non-hydrogen) atoms. The van der Waals surface area contributed by atoms with Crippen LogP contribution in [0.3, 0.4) is 0 Å². The minimum atomic E-state index is 0.754. The summed E-state index contributed by atoms with van der Waals surface area (Å²) in [6, 6.07) is 7.87. The van der Waals surface area contributed by atoms with Crippen molar-refractivity contribution in [3.8, 4) is 10.6 Å². The average molecular weight is 345 g/mol. The summed E-state index contributed by atoms with van der Waals surface area (Å²) >= 11 is 7.92. The van der Waals surface area contributed by atoms with Crippen molar-refractivity contribution in [3.05, 3.63) is 58.1 Å². The summed E-state index contributed by atoms with van der Waals surface area (Å²) in [5, 5.41) is 3.87. The zero-order valence-electron chi connectivity index (χ0n) is 12.9. The zero-order chi connectivity index (χ0) is 15.8. The average Bonchev–Trinajstić information content (AvgIpc) is 3.15. The molecule has 0 spiro atoms. The Morgan fingerprint density at radius 3 is 3.04 bits per heavy atom. The molecule has 0 unspecified atom stereocenters. The van der Waals surface area contributed by atoms with E-state index in [4.69, 9.17) is 16.6 Å². The van der Waals surface area contributed by atoms with Gasteiger partial charge in [0.2, 0.25) is 0 Å². The van der Waals surface area contributed by atoms with Gasteiger partial charge in [-0.1, -0.05) is 29.8 Å². The molecule has 0 fully saturated rings. The highest BCUT2D eigenvalue weighted by molar-refractivity contribution is 7.13. The van der Waals surface area contributed by atoms with Crippen molar-refractivity contribution < 1.29 is 0 Å². The highest BCUT2D eigenvalue weighted by Gasteiger charge is 2.20. The van der Waals surface area contributed by atoms with Gasteiger partial charge in [0.15, 0.2) is 0 Å². The van der Waals surface area contributed by atoms with Crippen LogP contribution in [0.25, 0.3) is 10.6 Å². The Labute approximate surface area is 144 Å². The van der Waals surface area contributed by atoms with Gasteiger partial charge in [-0.3, -0.25) is 4.90 Å². The predicted molar refractivity (Wildman–Crippen MR) is 93.6 cm³/mol. The minimum absolute atomic E-state index is 0.754. The Morgan fingerprint density at radius 1 is 1.30 bits per heavy atom. The molecule has 118 valence electrons. The van der Waals surface area contributed by atoms with E-state index in [1.807, 2.05) is 30.6 Å². The highest BCUT2D eigenvalue weighted by atomic mass is 35.5. The van der Waals surface area contributed by atoms with E-state index >= 15 is 0 Å². The first-order valence-corrected chi connectivity index (χ1v) is 8.87. The lowest BCUT2D eigenvalue weighted by Crippen LogP contribution is -2.30. The maximum absolute atomic E-state index is 6.26. The lowest BCUT2D eigenvalue weighted by Gasteiger charge is -2.25. The van der Waals surface area contributed by atoms with E-state index < -0.39 is 0 Å². The number of hydrogen-bond donors (Lipinski definition) is 0. The molecule has 0 atom stereocenters. The Hall–Kier alpha value is -1.69. The summed E-state index contributed by atoms with van der Waals surface area (Å²) in [6.07, 6.45) is 2.96. The number of aromatic nitrogens is 3. The van der Waals surface area contributed by atoms with Crippen LogP contribution in [-0.2, 0) is 26.6 Å². The Balaban J connectivity index is 1.50. The van der Waals surface area contributed by atoms with E-state index in [-0.39, 0.29) is 0 Å². The van der Waals surface area contributed by atoms with Crippen LogP contribution in [-0.4, -0.2) is 26.0 Å². The molecule has 3 heterocycles. The monoisotopic (exact) mass is 344 g/mol. The second-order valence-electron chi connectivity index (χ2n) is 5.83. The van der Waals surface area contributed by atoms with Crippen molar-refractivity contribution >= 4 is 22.9 Å². The normalized spacial score (nSPS) is 14.9. The van der Waals surface area contributed by atoms with Crippen LogP contribution in [0.4, 0.5) is 0 Å². The molecule has 2 aromatic heterocycles. The summed E-state index contributed by atoms with van der Waals surface area (Å²) < 4.78 is 2.13. The Morgan fingerprint density at radius 2 is 2.17 bits per heavy atom. The quantitative estimate of drug-likeness (QED) is 0.725. The summed E-state index contributed by atoms with van der Waals surface area (Å²) in [5.41, 5.74) is 4.66. The molecule has 4 rings (SSSR count). The molecule has 1 aromatic carbocycles. The number of fused-ring (bicyclic) bond motifs is 1. The first-order chi connectivity index (χ1) is 11.2. The van der Waals surface area contributed by atoms with E-state index in [9.17, 15) is 0 Å². The number of rotatable bonds is 3. The second-order valence-corrected chi connectivity index (χ2v) is 7.10. The van der Waals surface area contributed by atoms with Crippen LogP contribution in [0, 0.1) is 0 Å². The number of halogens is 1. The van der Waals surface area contributed by atoms with Gasteiger partial charge in [-0.15, -0.1) is 11.3 Å². The highest BCUT2D eigenvalue weighted by Crippen LogP contribution is 2.30. The van der Waals surface area contributed by atoms with Gasteiger partial charge in [0.25, 0.3) is 0 Å². The maximum atomic E-state index is 6.26. The van der Waals surface area contributed by atoms with Gasteiger partial charge in [0, 0.05) is 49.7 Å². The summed E-state index contributed by atoms with van der Waals surface area (Å²) in [6.45, 7) is 2.80. The molecule has 4 nitrogen and oxygen atoms in total. The molecular formula is C17H17ClN4S. The van der Waals surface area contributed by atoms with E-state index in [2.05, 4.69) is 26.9 Å². The third-order valence-corrected chi connectivity index (χ3v) is 5.48. The zero-order valence-corrected chi connectivity index (χ0v) is 14.4. The van der Waals surface area contributed by atoms with Crippen molar-refractivity contribution in [2.75, 3.05) is 6.54 Å². The fourth-order valence-corrected chi connectivity index (χ4v) is 4.14. The predicted octanol–water partition coefficient (Wildman–Crippen LogP) is 3.76. The van der Waals surface area contributed by atoms with Crippen molar-refractivity contribution in [1.82, 2.24) is 19.4 Å². The molecule has 0 amide bonds. The third-order valence-electron chi connectivity index (χ3n) is 4.23. The third kappa shape index (κ3) is 2.92. The van der Waals surface area contributed by atoms with Gasteiger partial charge in [-0.2, -0.15) is 0 Å². The lowest BCUT2D eigenvalue weighted by atomic mass is 10.1. The molecule has 0 bridgehead atoms. The van der Waals surface area contributed by atoms with Crippen LogP contribution < -0.4 is 0 Å². The van der Waals surface area contributed by atoms with E-state index in [1.165, 1.54) is 11.4 Å². The van der Waals surface area contributed by atoms with Gasteiger partial charge in [0.05, 0.1) is 22.7 Å². The largest absolute Gasteiger partial charge is 0.337 e. The molecule has 0 radical (unpaired) electrons. The molecule has 0 saturated carbocycles. The SMILES string of the molecule is Cn1cnc2c1CCN(Cc1csc(-c3ccccc3Cl)n1)C2. The van der Waals surface area contributed by atoms with Crippen molar-refractivity contribution in [2.45, 2.75) is 19.5 Å². The van der Waals surface area contributed by atoms with Gasteiger partial charge in [0.1, 0.15) is 5.01 Å². The molecule has 3 aromatic rings. The van der Waals surface area contributed by atoms with Crippen molar-refractivity contribution in [2.24, 2.45) is 7.05 Å². The number of benzene rings is 1. The van der Waals surface area contributed by atoms with Gasteiger partial charge < -0.3 is 4.57 Å². The molecule has 1 aliphatic heterocycles. The Kier molecular flexibility index (Phi) is 3.93. The first-order valence-electron chi connectivity index (χ1n) is 7.61. The second kappa shape index (κ2) is 6.07. The fourth-order valence-electron chi connectivity index (χ4n) is 3.01. The van der Waals surface area contributed by atoms with Crippen LogP contribution in [0.5, 0.6) is 0 Å². The minimum Gasteiger partial charge on any atom is -0.337 e. The van der Waals surface area contributed by atoms with Crippen LogP contribution >= 0.6 is 22.9 Å². The first kappa shape index (κ1) is 14.9. The van der Waals surface area contributed by atoms with Gasteiger partial charge in [-0.25, -0.2) is 9.97 Å². The number of hydrogen-bond acceptors (Lipinski definition) is 4. The van der Waals surface area contributed by atoms with Crippen LogP contribution in [0.15, 0.2) is 36.0 Å². The number of nitrogens with zero attached hydrogens (tertiary/aromatic N) is 4. The molecule has 0 aliphatic carbocycles. The molecule has 6 heteroatoms. The van der Waals surface area contributed by atoms with Crippen LogP contribution in [0.1, 0.15) is 17.1 Å². The van der Waals surface area contributed by atoms with Crippen molar-refractivity contribution in [3.63, 3.8) is 0 Å². The summed E-state index contributed by atoms with van der Waals surface area (Å²) in [5.74, 6) is 0. The van der Waals surface area contributed by atoms with E-state index in [0.29, 0.717) is 0 Å². The molecule has 0 N–H and O–H groups in total. The standard InChI is InChI=1S/C17H17ClN4S/c1-21-11-19-15-9-22(7-6-16(15)21)8-12-10-23-17(20-12)13-4-2-3-5-14(13)18/h2-5,10-11H,6-9H2,1H3. The fraction of sp³-hybridized carbons (Fsp3) is 0.294. The summed E-state index contributed by atoms with van der Waals surface area (Å²) in [4.78, 5) is 11.7. The lowest BCUT2D eigenvalue weighted by molar-refractivity contribution is 0.238. The van der Waals surface area contributed by atoms with Crippen molar-refractivity contribution in [1.29, 1.82) is 0 Å². The molecular weight excluding hydrogens is 328 g/mol.